The van der Waals surface area contributed by atoms with Crippen LogP contribution in [0.3, 0.4) is 0 Å². The smallest absolute Gasteiger partial charge is 0.151 e. The third kappa shape index (κ3) is 5.39. The van der Waals surface area contributed by atoms with Gasteiger partial charge in [0, 0.05) is 44.5 Å². The third-order valence-corrected chi connectivity index (χ3v) is 6.30. The summed E-state index contributed by atoms with van der Waals surface area (Å²) in [5, 5.41) is 15.2. The first-order chi connectivity index (χ1) is 14.8. The average molecular weight is 412 g/mol. The fourth-order valence-electron chi connectivity index (χ4n) is 4.47. The molecule has 1 aromatic heterocycles. The van der Waals surface area contributed by atoms with Crippen LogP contribution in [0.15, 0.2) is 46.7 Å². The van der Waals surface area contributed by atoms with Gasteiger partial charge in [0.05, 0.1) is 6.61 Å². The maximum absolute atomic E-state index is 6.24. The van der Waals surface area contributed by atoms with E-state index in [0.29, 0.717) is 18.4 Å². The Kier molecular flexibility index (Phi) is 7.00. The molecule has 1 aromatic rings. The van der Waals surface area contributed by atoms with Gasteiger partial charge in [0.25, 0.3) is 0 Å². The van der Waals surface area contributed by atoms with E-state index in [1.807, 2.05) is 19.2 Å². The highest BCUT2D eigenvalue weighted by Crippen LogP contribution is 2.37. The normalized spacial score (nSPS) is 22.6. The van der Waals surface area contributed by atoms with Crippen molar-refractivity contribution in [3.05, 3.63) is 41.5 Å². The Morgan fingerprint density at radius 1 is 1.23 bits per heavy atom. The summed E-state index contributed by atoms with van der Waals surface area (Å²) in [6.45, 7) is 7.11. The van der Waals surface area contributed by atoms with Crippen LogP contribution in [-0.4, -0.2) is 50.2 Å². The summed E-state index contributed by atoms with van der Waals surface area (Å²) >= 11 is 0. The van der Waals surface area contributed by atoms with Crippen LogP contribution in [0.2, 0.25) is 0 Å². The summed E-state index contributed by atoms with van der Waals surface area (Å²) in [6.07, 6.45) is 11.0. The van der Waals surface area contributed by atoms with Crippen molar-refractivity contribution >= 4 is 12.5 Å². The van der Waals surface area contributed by atoms with Crippen molar-refractivity contribution in [1.82, 2.24) is 15.5 Å². The first-order valence-corrected chi connectivity index (χ1v) is 11.1. The van der Waals surface area contributed by atoms with Crippen molar-refractivity contribution in [2.24, 2.45) is 22.9 Å². The Hall–Kier alpha value is -2.41. The van der Waals surface area contributed by atoms with Gasteiger partial charge in [-0.15, -0.1) is 5.10 Å². The van der Waals surface area contributed by atoms with E-state index in [2.05, 4.69) is 38.4 Å². The van der Waals surface area contributed by atoms with E-state index in [1.54, 1.807) is 6.20 Å². The lowest BCUT2D eigenvalue weighted by molar-refractivity contribution is 0.167. The van der Waals surface area contributed by atoms with E-state index < -0.39 is 0 Å². The minimum absolute atomic E-state index is 0.407. The average Bonchev–Trinajstić information content (AvgIpc) is 3.60. The van der Waals surface area contributed by atoms with Gasteiger partial charge in [-0.2, -0.15) is 5.10 Å². The third-order valence-electron chi connectivity index (χ3n) is 6.30. The number of allylic oxidation sites excluding steroid dienone is 2. The van der Waals surface area contributed by atoms with E-state index in [-0.39, 0.29) is 0 Å². The fourth-order valence-corrected chi connectivity index (χ4v) is 4.47. The maximum atomic E-state index is 6.24. The van der Waals surface area contributed by atoms with E-state index in [4.69, 9.17) is 9.57 Å². The Morgan fingerprint density at radius 2 is 2.07 bits per heavy atom. The lowest BCUT2D eigenvalue weighted by Crippen LogP contribution is -2.35. The number of hydrogen-bond donors (Lipinski definition) is 1. The number of rotatable bonds is 10. The van der Waals surface area contributed by atoms with Gasteiger partial charge < -0.3 is 19.8 Å². The number of piperidine rings is 1. The topological polar surface area (TPSA) is 71.9 Å². The summed E-state index contributed by atoms with van der Waals surface area (Å²) < 4.78 is 6.24. The molecule has 7 heteroatoms. The van der Waals surface area contributed by atoms with E-state index in [1.165, 1.54) is 25.7 Å². The van der Waals surface area contributed by atoms with Crippen LogP contribution in [0.5, 0.6) is 0 Å². The van der Waals surface area contributed by atoms with Crippen LogP contribution in [0, 0.1) is 17.8 Å². The highest BCUT2D eigenvalue weighted by Gasteiger charge is 2.30. The van der Waals surface area contributed by atoms with Crippen molar-refractivity contribution in [3.63, 3.8) is 0 Å². The van der Waals surface area contributed by atoms with Crippen LogP contribution in [-0.2, 0) is 9.57 Å². The number of nitrogens with zero attached hydrogens (tertiary/aromatic N) is 4. The second kappa shape index (κ2) is 10.1. The molecule has 1 atom stereocenters. The number of aromatic nitrogens is 2. The molecule has 0 spiro atoms. The maximum Gasteiger partial charge on any atom is 0.151 e. The molecule has 1 N–H and O–H groups in total. The number of likely N-dealkylation sites (N-methyl/N-ethyl adjacent to an activating group) is 1. The van der Waals surface area contributed by atoms with Gasteiger partial charge in [-0.05, 0) is 75.1 Å². The molecule has 30 heavy (non-hydrogen) atoms. The van der Waals surface area contributed by atoms with Gasteiger partial charge in [-0.25, -0.2) is 0 Å². The standard InChI is InChI=1S/C23H33N5O2/c1-24-15-20-21(29-16-18-5-6-18)13-19(14-22(20)30-25-2)12-17-7-10-28(11-8-17)23-4-3-9-26-27-23/h3-4,9,13,17-19,24H,2,5-8,10-12,14-16H2,1H3. The van der Waals surface area contributed by atoms with Crippen LogP contribution in [0.1, 0.15) is 38.5 Å². The molecule has 0 aromatic carbocycles. The lowest BCUT2D eigenvalue weighted by atomic mass is 9.82. The highest BCUT2D eigenvalue weighted by atomic mass is 16.6. The number of anilines is 1. The molecule has 0 amide bonds. The van der Waals surface area contributed by atoms with Crippen molar-refractivity contribution < 1.29 is 9.57 Å². The molecule has 2 aliphatic carbocycles. The fraction of sp³-hybridized carbons (Fsp3) is 0.609. The summed E-state index contributed by atoms with van der Waals surface area (Å²) in [7, 11) is 1.95. The number of nitrogens with one attached hydrogen (secondary N) is 1. The highest BCUT2D eigenvalue weighted by molar-refractivity contribution is 5.37. The van der Waals surface area contributed by atoms with E-state index in [0.717, 1.165) is 61.4 Å². The molecule has 2 heterocycles. The zero-order chi connectivity index (χ0) is 20.8. The molecule has 162 valence electrons. The molecular weight excluding hydrogens is 378 g/mol. The number of hydrogen-bond acceptors (Lipinski definition) is 7. The van der Waals surface area contributed by atoms with Crippen LogP contribution >= 0.6 is 0 Å². The van der Waals surface area contributed by atoms with Crippen molar-refractivity contribution in [3.8, 4) is 0 Å². The molecule has 0 radical (unpaired) electrons. The number of ether oxygens (including phenoxy) is 1. The molecule has 1 aliphatic heterocycles. The second-order valence-corrected chi connectivity index (χ2v) is 8.65. The van der Waals surface area contributed by atoms with Gasteiger partial charge in [-0.1, -0.05) is 5.16 Å². The minimum Gasteiger partial charge on any atom is -0.493 e. The Bertz CT molecular complexity index is 767. The summed E-state index contributed by atoms with van der Waals surface area (Å²) in [5.74, 6) is 4.67. The molecule has 1 saturated carbocycles. The van der Waals surface area contributed by atoms with Gasteiger partial charge in [0.15, 0.2) is 5.82 Å². The Balaban J connectivity index is 1.38. The molecule has 1 unspecified atom stereocenters. The van der Waals surface area contributed by atoms with Crippen molar-refractivity contribution in [2.75, 3.05) is 38.2 Å². The minimum atomic E-state index is 0.407. The molecular formula is C23H33N5O2. The van der Waals surface area contributed by atoms with Gasteiger partial charge in [0.2, 0.25) is 0 Å². The van der Waals surface area contributed by atoms with Crippen LogP contribution in [0.4, 0.5) is 5.82 Å². The molecule has 1 saturated heterocycles. The lowest BCUT2D eigenvalue weighted by Gasteiger charge is -2.34. The van der Waals surface area contributed by atoms with Gasteiger partial charge >= 0.3 is 0 Å². The van der Waals surface area contributed by atoms with Gasteiger partial charge in [0.1, 0.15) is 11.5 Å². The van der Waals surface area contributed by atoms with E-state index >= 15 is 0 Å². The van der Waals surface area contributed by atoms with E-state index in [9.17, 15) is 0 Å². The molecule has 7 nitrogen and oxygen atoms in total. The van der Waals surface area contributed by atoms with Crippen LogP contribution < -0.4 is 10.2 Å². The summed E-state index contributed by atoms with van der Waals surface area (Å²) in [5.41, 5.74) is 1.08. The zero-order valence-electron chi connectivity index (χ0n) is 17.9. The molecule has 3 aliphatic rings. The monoisotopic (exact) mass is 411 g/mol. The SMILES string of the molecule is C=NOC1=C(CNC)C(OCC2CC2)=CC(CC2CCN(c3cccnn3)CC2)C1. The largest absolute Gasteiger partial charge is 0.493 e. The van der Waals surface area contributed by atoms with Crippen molar-refractivity contribution in [2.45, 2.75) is 38.5 Å². The quantitative estimate of drug-likeness (QED) is 0.469. The van der Waals surface area contributed by atoms with Gasteiger partial charge in [-0.3, -0.25) is 0 Å². The first-order valence-electron chi connectivity index (χ1n) is 11.1. The number of oxime groups is 1. The summed E-state index contributed by atoms with van der Waals surface area (Å²) in [4.78, 5) is 7.94. The molecule has 0 bridgehead atoms. The zero-order valence-corrected chi connectivity index (χ0v) is 17.9. The second-order valence-electron chi connectivity index (χ2n) is 8.65. The summed E-state index contributed by atoms with van der Waals surface area (Å²) in [6, 6.07) is 4.00. The first kappa shape index (κ1) is 20.8. The van der Waals surface area contributed by atoms with Crippen molar-refractivity contribution in [1.29, 1.82) is 0 Å². The van der Waals surface area contributed by atoms with Crippen LogP contribution in [0.25, 0.3) is 0 Å². The Labute approximate surface area is 179 Å². The Morgan fingerprint density at radius 3 is 2.73 bits per heavy atom. The molecule has 4 rings (SSSR count). The predicted molar refractivity (Wildman–Crippen MR) is 118 cm³/mol. The predicted octanol–water partition coefficient (Wildman–Crippen LogP) is 3.52. The molecule has 2 fully saturated rings.